The minimum atomic E-state index is -0.912. The van der Waals surface area contributed by atoms with Crippen molar-refractivity contribution >= 4 is 40.2 Å². The number of rotatable bonds is 6. The van der Waals surface area contributed by atoms with Crippen molar-refractivity contribution in [3.8, 4) is 0 Å². The van der Waals surface area contributed by atoms with E-state index in [1.165, 1.54) is 16.2 Å². The predicted octanol–water partition coefficient (Wildman–Crippen LogP) is 1.26. The van der Waals surface area contributed by atoms with Crippen LogP contribution in [0.3, 0.4) is 0 Å². The Morgan fingerprint density at radius 3 is 2.85 bits per heavy atom. The number of anilines is 1. The number of aromatic nitrogens is 1. The van der Waals surface area contributed by atoms with Crippen LogP contribution in [-0.2, 0) is 11.2 Å². The number of nitrogens with two attached hydrogens (primary N) is 1. The fourth-order valence-electron chi connectivity index (χ4n) is 2.79. The number of nitrogens with one attached hydrogen (secondary N) is 1. The van der Waals surface area contributed by atoms with Crippen LogP contribution >= 0.6 is 11.3 Å². The number of allylic oxidation sites excluding steroid dienone is 1. The van der Waals surface area contributed by atoms with Gasteiger partial charge in [0.1, 0.15) is 0 Å². The number of aryl methyl sites for hydroxylation is 1. The van der Waals surface area contributed by atoms with E-state index in [4.69, 9.17) is 10.8 Å². The molecule has 0 unspecified atom stereocenters. The van der Waals surface area contributed by atoms with Gasteiger partial charge >= 0.3 is 12.0 Å². The molecule has 8 heteroatoms. The van der Waals surface area contributed by atoms with Crippen molar-refractivity contribution in [2.24, 2.45) is 0 Å². The summed E-state index contributed by atoms with van der Waals surface area (Å²) >= 11 is 1.40. The Bertz CT molecular complexity index is 996. The molecule has 1 aromatic heterocycles. The largest absolute Gasteiger partial charge is 0.481 e. The second kappa shape index (κ2) is 8.50. The van der Waals surface area contributed by atoms with E-state index >= 15 is 0 Å². The third kappa shape index (κ3) is 4.95. The number of benzene rings is 1. The number of hydrogen-bond donors (Lipinski definition) is 3. The maximum absolute atomic E-state index is 12.5. The smallest absolute Gasteiger partial charge is 0.325 e. The van der Waals surface area contributed by atoms with Gasteiger partial charge in [0.2, 0.25) is 0 Å². The van der Waals surface area contributed by atoms with Gasteiger partial charge in [-0.2, -0.15) is 0 Å². The Hall–Kier alpha value is -3.13. The van der Waals surface area contributed by atoms with Gasteiger partial charge in [0.25, 0.3) is 0 Å². The molecule has 1 aromatic carbocycles. The summed E-state index contributed by atoms with van der Waals surface area (Å²) in [7, 11) is 0. The van der Waals surface area contributed by atoms with Crippen molar-refractivity contribution in [3.63, 3.8) is 0 Å². The number of carbonyl (C=O) groups is 2. The van der Waals surface area contributed by atoms with E-state index in [-0.39, 0.29) is 12.5 Å². The number of aliphatic carboxylic acids is 1. The van der Waals surface area contributed by atoms with Gasteiger partial charge in [-0.25, -0.2) is 9.78 Å². The first-order chi connectivity index (χ1) is 13.0. The normalized spacial score (nSPS) is 12.9. The first-order valence-corrected chi connectivity index (χ1v) is 9.37. The van der Waals surface area contributed by atoms with Crippen LogP contribution in [0.1, 0.15) is 18.5 Å². The molecule has 0 spiro atoms. The van der Waals surface area contributed by atoms with Gasteiger partial charge in [-0.3, -0.25) is 9.69 Å². The van der Waals surface area contributed by atoms with Crippen LogP contribution in [0.15, 0.2) is 41.9 Å². The molecular formula is C19H20N4O3S. The number of carboxylic acid groups (broad SMARTS) is 1. The van der Waals surface area contributed by atoms with Gasteiger partial charge in [-0.15, -0.1) is 11.3 Å². The number of amides is 2. The summed E-state index contributed by atoms with van der Waals surface area (Å²) in [4.78, 5) is 29.2. The molecule has 7 nitrogen and oxygen atoms in total. The monoisotopic (exact) mass is 384 g/mol. The van der Waals surface area contributed by atoms with E-state index in [2.05, 4.69) is 10.3 Å². The van der Waals surface area contributed by atoms with Gasteiger partial charge < -0.3 is 16.2 Å². The lowest BCUT2D eigenvalue weighted by atomic mass is 10.1. The summed E-state index contributed by atoms with van der Waals surface area (Å²) in [5.74, 6) is -0.912. The van der Waals surface area contributed by atoms with E-state index < -0.39 is 5.97 Å². The van der Waals surface area contributed by atoms with Gasteiger partial charge in [-0.05, 0) is 34.9 Å². The standard InChI is InChI=1S/C19H20N4O3S/c20-18-22-15(12-27-18)5-3-8-21-19(26)23-9-7-13(10-17(24)25)16-6-2-1-4-14(16)11-23/h1-2,4,6-7,9,11-12H,3,5,8,10H2,(H2,20,22)(H,21,26)(H,24,25). The second-order valence-corrected chi connectivity index (χ2v) is 6.94. The molecule has 3 rings (SSSR count). The molecule has 0 radical (unpaired) electrons. The maximum atomic E-state index is 12.5. The average Bonchev–Trinajstić information content (AvgIpc) is 2.97. The zero-order valence-corrected chi connectivity index (χ0v) is 15.4. The molecule has 0 saturated carbocycles. The number of hydrogen-bond acceptors (Lipinski definition) is 5. The highest BCUT2D eigenvalue weighted by atomic mass is 32.1. The van der Waals surface area contributed by atoms with E-state index in [9.17, 15) is 9.59 Å². The molecule has 140 valence electrons. The zero-order valence-electron chi connectivity index (χ0n) is 14.6. The Kier molecular flexibility index (Phi) is 5.87. The summed E-state index contributed by atoms with van der Waals surface area (Å²) in [6.07, 6.45) is 6.36. The van der Waals surface area contributed by atoms with E-state index in [0.717, 1.165) is 29.0 Å². The third-order valence-corrected chi connectivity index (χ3v) is 4.78. The van der Waals surface area contributed by atoms with Crippen molar-refractivity contribution < 1.29 is 14.7 Å². The van der Waals surface area contributed by atoms with Gasteiger partial charge in [-0.1, -0.05) is 24.3 Å². The highest BCUT2D eigenvalue weighted by Gasteiger charge is 2.12. The van der Waals surface area contributed by atoms with Crippen LogP contribution in [0.5, 0.6) is 0 Å². The Balaban J connectivity index is 1.66. The molecule has 0 aliphatic carbocycles. The first kappa shape index (κ1) is 18.7. The molecule has 4 N–H and O–H groups in total. The summed E-state index contributed by atoms with van der Waals surface area (Å²) < 4.78 is 0. The third-order valence-electron chi connectivity index (χ3n) is 4.05. The summed E-state index contributed by atoms with van der Waals surface area (Å²) in [5, 5.41) is 16.1. The van der Waals surface area contributed by atoms with Gasteiger partial charge in [0, 0.05) is 24.3 Å². The molecule has 0 bridgehead atoms. The first-order valence-electron chi connectivity index (χ1n) is 8.49. The molecule has 0 saturated heterocycles. The highest BCUT2D eigenvalue weighted by Crippen LogP contribution is 2.12. The van der Waals surface area contributed by atoms with Crippen molar-refractivity contribution in [3.05, 3.63) is 58.1 Å². The Morgan fingerprint density at radius 1 is 1.30 bits per heavy atom. The summed E-state index contributed by atoms with van der Waals surface area (Å²) in [6.45, 7) is 0.502. The lowest BCUT2D eigenvalue weighted by Crippen LogP contribution is -2.36. The Labute approximate surface area is 160 Å². The number of thiazole rings is 1. The summed E-state index contributed by atoms with van der Waals surface area (Å²) in [6, 6.07) is 7.15. The van der Waals surface area contributed by atoms with Crippen LogP contribution in [-0.4, -0.2) is 33.5 Å². The fourth-order valence-corrected chi connectivity index (χ4v) is 3.39. The minimum Gasteiger partial charge on any atom is -0.481 e. The molecule has 0 atom stereocenters. The van der Waals surface area contributed by atoms with Crippen molar-refractivity contribution in [2.75, 3.05) is 12.3 Å². The minimum absolute atomic E-state index is 0.104. The topological polar surface area (TPSA) is 109 Å². The Morgan fingerprint density at radius 2 is 2.11 bits per heavy atom. The lowest BCUT2D eigenvalue weighted by molar-refractivity contribution is -0.135. The van der Waals surface area contributed by atoms with Crippen molar-refractivity contribution in [1.82, 2.24) is 15.2 Å². The van der Waals surface area contributed by atoms with Gasteiger partial charge in [0.15, 0.2) is 5.13 Å². The highest BCUT2D eigenvalue weighted by molar-refractivity contribution is 7.13. The fraction of sp³-hybridized carbons (Fsp3) is 0.211. The van der Waals surface area contributed by atoms with Crippen molar-refractivity contribution in [2.45, 2.75) is 19.3 Å². The van der Waals surface area contributed by atoms with Crippen molar-refractivity contribution in [1.29, 1.82) is 0 Å². The molecular weight excluding hydrogens is 364 g/mol. The molecule has 2 aromatic rings. The van der Waals surface area contributed by atoms with Gasteiger partial charge in [0.05, 0.1) is 12.1 Å². The molecule has 27 heavy (non-hydrogen) atoms. The van der Waals surface area contributed by atoms with Crippen LogP contribution in [0, 0.1) is 0 Å². The molecule has 1 aliphatic rings. The summed E-state index contributed by atoms with van der Waals surface area (Å²) in [5.41, 5.74) is 7.19. The second-order valence-electron chi connectivity index (χ2n) is 6.05. The number of fused-ring (bicyclic) bond motifs is 1. The predicted molar refractivity (Wildman–Crippen MR) is 105 cm³/mol. The van der Waals surface area contributed by atoms with Crippen LogP contribution in [0.25, 0.3) is 11.8 Å². The van der Waals surface area contributed by atoms with E-state index in [1.807, 2.05) is 29.6 Å². The lowest BCUT2D eigenvalue weighted by Gasteiger charge is -2.14. The van der Waals surface area contributed by atoms with E-state index in [1.54, 1.807) is 18.5 Å². The number of carbonyl (C=O) groups excluding carboxylic acids is 1. The molecule has 1 aliphatic heterocycles. The maximum Gasteiger partial charge on any atom is 0.325 e. The number of nitrogen functional groups attached to an aromatic ring is 1. The zero-order chi connectivity index (χ0) is 19.2. The van der Waals surface area contributed by atoms with E-state index in [0.29, 0.717) is 17.2 Å². The SMILES string of the molecule is Nc1nc(CCCNC(=O)N2C=CC(CC(=O)O)=c3ccccc3=C2)cs1. The number of nitrogens with zero attached hydrogens (tertiary/aromatic N) is 2. The van der Waals surface area contributed by atoms with Crippen LogP contribution < -0.4 is 21.5 Å². The van der Waals surface area contributed by atoms with Crippen LogP contribution in [0.4, 0.5) is 9.93 Å². The average molecular weight is 384 g/mol. The molecule has 2 heterocycles. The quantitative estimate of drug-likeness (QED) is 0.650. The molecule has 0 fully saturated rings. The molecule has 2 amide bonds. The number of carboxylic acids is 1. The van der Waals surface area contributed by atoms with Crippen LogP contribution in [0.2, 0.25) is 0 Å². The number of urea groups is 1.